The van der Waals surface area contributed by atoms with Gasteiger partial charge in [0.25, 0.3) is 0 Å². The number of benzene rings is 1. The highest BCUT2D eigenvalue weighted by Gasteiger charge is 2.10. The van der Waals surface area contributed by atoms with Gasteiger partial charge < -0.3 is 0 Å². The van der Waals surface area contributed by atoms with E-state index in [4.69, 9.17) is 16.9 Å². The number of halogens is 2. The number of hydrogen-bond acceptors (Lipinski definition) is 3. The van der Waals surface area contributed by atoms with Gasteiger partial charge in [-0.3, -0.25) is 4.40 Å². The molecular weight excluding hydrogens is 328 g/mol. The molecule has 3 aromatic rings. The lowest BCUT2D eigenvalue weighted by atomic mass is 10.2. The van der Waals surface area contributed by atoms with Crippen molar-refractivity contribution in [2.24, 2.45) is 0 Å². The summed E-state index contributed by atoms with van der Waals surface area (Å²) in [6.45, 7) is 0. The molecular formula is C13H6BrClN4. The molecule has 2 heterocycles. The maximum atomic E-state index is 8.95. The first kappa shape index (κ1) is 12.2. The minimum atomic E-state index is 0.557. The lowest BCUT2D eigenvalue weighted by Gasteiger charge is -2.02. The first-order valence-electron chi connectivity index (χ1n) is 5.39. The van der Waals surface area contributed by atoms with Crippen molar-refractivity contribution in [3.05, 3.63) is 51.6 Å². The molecule has 19 heavy (non-hydrogen) atoms. The highest BCUT2D eigenvalue weighted by atomic mass is 79.9. The van der Waals surface area contributed by atoms with Crippen molar-refractivity contribution in [2.75, 3.05) is 0 Å². The fourth-order valence-electron chi connectivity index (χ4n) is 1.79. The Hall–Kier alpha value is -1.90. The van der Waals surface area contributed by atoms with Crippen molar-refractivity contribution >= 4 is 33.2 Å². The van der Waals surface area contributed by atoms with Crippen LogP contribution in [-0.2, 0) is 0 Å². The molecule has 6 heteroatoms. The van der Waals surface area contributed by atoms with Gasteiger partial charge >= 0.3 is 0 Å². The van der Waals surface area contributed by atoms with Gasteiger partial charge in [0.15, 0.2) is 11.5 Å². The zero-order valence-corrected chi connectivity index (χ0v) is 11.9. The van der Waals surface area contributed by atoms with Crippen LogP contribution >= 0.6 is 27.5 Å². The molecule has 2 aromatic heterocycles. The van der Waals surface area contributed by atoms with Crippen LogP contribution in [0, 0.1) is 11.3 Å². The Morgan fingerprint density at radius 3 is 2.79 bits per heavy atom. The number of pyridine rings is 1. The van der Waals surface area contributed by atoms with Crippen LogP contribution in [0.5, 0.6) is 0 Å². The molecule has 0 unspecified atom stereocenters. The van der Waals surface area contributed by atoms with E-state index in [-0.39, 0.29) is 0 Å². The van der Waals surface area contributed by atoms with E-state index in [0.717, 1.165) is 10.0 Å². The maximum Gasteiger partial charge on any atom is 0.168 e. The summed E-state index contributed by atoms with van der Waals surface area (Å²) in [6, 6.07) is 11.1. The molecule has 0 aliphatic heterocycles. The molecule has 0 saturated carbocycles. The number of hydrogen-bond donors (Lipinski definition) is 0. The average Bonchev–Trinajstić information content (AvgIpc) is 2.84. The first-order chi connectivity index (χ1) is 9.19. The molecule has 0 amide bonds. The van der Waals surface area contributed by atoms with Crippen molar-refractivity contribution in [3.8, 4) is 17.5 Å². The predicted molar refractivity (Wildman–Crippen MR) is 75.8 cm³/mol. The van der Waals surface area contributed by atoms with Crippen LogP contribution < -0.4 is 0 Å². The molecule has 0 aliphatic rings. The summed E-state index contributed by atoms with van der Waals surface area (Å²) in [6.07, 6.45) is 1.72. The van der Waals surface area contributed by atoms with Gasteiger partial charge in [0.05, 0.1) is 10.6 Å². The highest BCUT2D eigenvalue weighted by Crippen LogP contribution is 2.28. The topological polar surface area (TPSA) is 54.0 Å². The van der Waals surface area contributed by atoms with E-state index >= 15 is 0 Å². The summed E-state index contributed by atoms with van der Waals surface area (Å²) in [5, 5.41) is 17.8. The summed E-state index contributed by atoms with van der Waals surface area (Å²) in [5.74, 6) is 0.671. The van der Waals surface area contributed by atoms with E-state index in [2.05, 4.69) is 32.2 Å². The average molecular weight is 334 g/mol. The van der Waals surface area contributed by atoms with Gasteiger partial charge in [-0.2, -0.15) is 5.26 Å². The van der Waals surface area contributed by atoms with Gasteiger partial charge in [0.2, 0.25) is 0 Å². The van der Waals surface area contributed by atoms with Gasteiger partial charge in [-0.25, -0.2) is 0 Å². The minimum absolute atomic E-state index is 0.557. The van der Waals surface area contributed by atoms with Crippen LogP contribution in [0.25, 0.3) is 17.0 Å². The highest BCUT2D eigenvalue weighted by molar-refractivity contribution is 9.10. The molecule has 0 saturated heterocycles. The Morgan fingerprint density at radius 2 is 2.05 bits per heavy atom. The number of rotatable bonds is 1. The SMILES string of the molecule is N#Cc1ccc2nnc(-c3ccc(Cl)c(Br)c3)n2c1. The quantitative estimate of drug-likeness (QED) is 0.682. The number of nitriles is 1. The summed E-state index contributed by atoms with van der Waals surface area (Å²) in [7, 11) is 0. The van der Waals surface area contributed by atoms with E-state index < -0.39 is 0 Å². The minimum Gasteiger partial charge on any atom is -0.281 e. The number of nitrogens with zero attached hydrogens (tertiary/aromatic N) is 4. The van der Waals surface area contributed by atoms with Gasteiger partial charge in [0.1, 0.15) is 6.07 Å². The molecule has 92 valence electrons. The third-order valence-electron chi connectivity index (χ3n) is 2.71. The Bertz CT molecular complexity index is 819. The zero-order chi connectivity index (χ0) is 13.4. The van der Waals surface area contributed by atoms with Crippen LogP contribution in [0.15, 0.2) is 41.0 Å². The van der Waals surface area contributed by atoms with Crippen molar-refractivity contribution in [1.29, 1.82) is 5.26 Å². The largest absolute Gasteiger partial charge is 0.281 e. The fraction of sp³-hybridized carbons (Fsp3) is 0. The smallest absolute Gasteiger partial charge is 0.168 e. The molecule has 1 aromatic carbocycles. The van der Waals surface area contributed by atoms with Crippen LogP contribution in [0.2, 0.25) is 5.02 Å². The molecule has 0 fully saturated rings. The number of aromatic nitrogens is 3. The maximum absolute atomic E-state index is 8.95. The fourth-order valence-corrected chi connectivity index (χ4v) is 2.29. The van der Waals surface area contributed by atoms with Gasteiger partial charge in [-0.15, -0.1) is 10.2 Å². The van der Waals surface area contributed by atoms with E-state index in [1.54, 1.807) is 28.8 Å². The summed E-state index contributed by atoms with van der Waals surface area (Å²) >= 11 is 9.36. The second-order valence-corrected chi connectivity index (χ2v) is 5.17. The molecule has 0 atom stereocenters. The third kappa shape index (κ3) is 2.09. The molecule has 0 aliphatic carbocycles. The molecule has 3 rings (SSSR count). The molecule has 4 nitrogen and oxygen atoms in total. The molecule has 0 spiro atoms. The van der Waals surface area contributed by atoms with E-state index in [1.165, 1.54) is 0 Å². The summed E-state index contributed by atoms with van der Waals surface area (Å²) in [5.41, 5.74) is 2.13. The third-order valence-corrected chi connectivity index (χ3v) is 3.92. The van der Waals surface area contributed by atoms with Gasteiger partial charge in [-0.1, -0.05) is 11.6 Å². The van der Waals surface area contributed by atoms with Crippen molar-refractivity contribution in [1.82, 2.24) is 14.6 Å². The van der Waals surface area contributed by atoms with Crippen LogP contribution in [0.4, 0.5) is 0 Å². The summed E-state index contributed by atoms with van der Waals surface area (Å²) in [4.78, 5) is 0. The van der Waals surface area contributed by atoms with Crippen LogP contribution in [0.3, 0.4) is 0 Å². The van der Waals surface area contributed by atoms with Gasteiger partial charge in [-0.05, 0) is 46.3 Å². The summed E-state index contributed by atoms with van der Waals surface area (Å²) < 4.78 is 2.58. The Labute approximate surface area is 122 Å². The molecule has 0 N–H and O–H groups in total. The van der Waals surface area contributed by atoms with Crippen molar-refractivity contribution < 1.29 is 0 Å². The molecule has 0 bridgehead atoms. The lowest BCUT2D eigenvalue weighted by Crippen LogP contribution is -1.91. The van der Waals surface area contributed by atoms with Crippen molar-refractivity contribution in [2.45, 2.75) is 0 Å². The van der Waals surface area contributed by atoms with E-state index in [9.17, 15) is 0 Å². The number of fused-ring (bicyclic) bond motifs is 1. The van der Waals surface area contributed by atoms with E-state index in [0.29, 0.717) is 22.1 Å². The predicted octanol–water partition coefficient (Wildman–Crippen LogP) is 3.68. The second-order valence-electron chi connectivity index (χ2n) is 3.91. The second kappa shape index (κ2) is 4.65. The Kier molecular flexibility index (Phi) is 2.97. The monoisotopic (exact) mass is 332 g/mol. The van der Waals surface area contributed by atoms with Crippen LogP contribution in [-0.4, -0.2) is 14.6 Å². The Morgan fingerprint density at radius 1 is 1.21 bits per heavy atom. The lowest BCUT2D eigenvalue weighted by molar-refractivity contribution is 1.11. The molecule has 0 radical (unpaired) electrons. The van der Waals surface area contributed by atoms with Crippen molar-refractivity contribution in [3.63, 3.8) is 0 Å². The van der Waals surface area contributed by atoms with Crippen LogP contribution in [0.1, 0.15) is 5.56 Å². The normalized spacial score (nSPS) is 10.6. The Balaban J connectivity index is 2.24. The van der Waals surface area contributed by atoms with Gasteiger partial charge in [0, 0.05) is 16.2 Å². The van der Waals surface area contributed by atoms with E-state index in [1.807, 2.05) is 12.1 Å². The zero-order valence-electron chi connectivity index (χ0n) is 9.51. The first-order valence-corrected chi connectivity index (χ1v) is 6.56. The standard InChI is InChI=1S/C13H6BrClN4/c14-10-5-9(2-3-11(10)15)13-18-17-12-4-1-8(6-16)7-19(12)13/h1-5,7H.